The fourth-order valence-corrected chi connectivity index (χ4v) is 7.84. The number of hydrogen-bond donors (Lipinski definition) is 1. The number of imidazole rings is 2. The summed E-state index contributed by atoms with van der Waals surface area (Å²) in [6, 6.07) is 25.7. The van der Waals surface area contributed by atoms with E-state index in [1.807, 2.05) is 43.3 Å². The summed E-state index contributed by atoms with van der Waals surface area (Å²) in [7, 11) is -1.95. The molecule has 0 aliphatic heterocycles. The third-order valence-corrected chi connectivity index (χ3v) is 10.7. The highest BCUT2D eigenvalue weighted by molar-refractivity contribution is 7.92. The van der Waals surface area contributed by atoms with Crippen molar-refractivity contribution in [2.45, 2.75) is 59.1 Å². The van der Waals surface area contributed by atoms with Gasteiger partial charge in [-0.25, -0.2) is 18.4 Å². The minimum absolute atomic E-state index is 0.143. The van der Waals surface area contributed by atoms with Crippen LogP contribution in [0.2, 0.25) is 0 Å². The first kappa shape index (κ1) is 33.2. The van der Waals surface area contributed by atoms with Crippen molar-refractivity contribution in [3.8, 4) is 22.5 Å². The molecular weight excluding hydrogens is 649 g/mol. The highest BCUT2D eigenvalue weighted by Gasteiger charge is 2.24. The van der Waals surface area contributed by atoms with Crippen LogP contribution in [0.3, 0.4) is 0 Å². The van der Waals surface area contributed by atoms with Crippen molar-refractivity contribution in [1.82, 2.24) is 24.3 Å². The van der Waals surface area contributed by atoms with Crippen LogP contribution in [-0.2, 0) is 41.4 Å². The normalized spacial score (nSPS) is 12.0. The van der Waals surface area contributed by atoms with Crippen molar-refractivity contribution >= 4 is 37.9 Å². The summed E-state index contributed by atoms with van der Waals surface area (Å²) in [6.45, 7) is 11.1. The molecule has 50 heavy (non-hydrogen) atoms. The molecule has 7 rings (SSSR count). The van der Waals surface area contributed by atoms with Gasteiger partial charge in [-0.15, -0.1) is 0 Å². The van der Waals surface area contributed by atoms with Crippen LogP contribution in [0.4, 0.5) is 5.82 Å². The predicted octanol–water partition coefficient (Wildman–Crippen LogP) is 8.12. The Morgan fingerprint density at radius 2 is 1.66 bits per heavy atom. The van der Waals surface area contributed by atoms with E-state index in [0.29, 0.717) is 36.6 Å². The molecule has 0 unspecified atom stereocenters. The summed E-state index contributed by atoms with van der Waals surface area (Å²) in [5.41, 5.74) is 10.1. The van der Waals surface area contributed by atoms with Crippen LogP contribution >= 0.6 is 0 Å². The van der Waals surface area contributed by atoms with Crippen molar-refractivity contribution in [3.63, 3.8) is 0 Å². The maximum absolute atomic E-state index is 13.7. The number of para-hydroxylation sites is 2. The zero-order chi connectivity index (χ0) is 35.2. The van der Waals surface area contributed by atoms with Gasteiger partial charge in [-0.05, 0) is 80.3 Å². The molecule has 4 aromatic carbocycles. The molecule has 0 amide bonds. The number of anilines is 1. The maximum atomic E-state index is 13.7. The Labute approximate surface area is 291 Å². The van der Waals surface area contributed by atoms with Gasteiger partial charge in [0.05, 0.1) is 33.6 Å². The van der Waals surface area contributed by atoms with Gasteiger partial charge in [-0.1, -0.05) is 60.6 Å². The zero-order valence-electron chi connectivity index (χ0n) is 29.1. The lowest BCUT2D eigenvalue weighted by Gasteiger charge is -2.17. The molecule has 0 aliphatic rings. The Balaban J connectivity index is 1.29. The lowest BCUT2D eigenvalue weighted by molar-refractivity contribution is 0.134. The molecular formula is C39H40N6O4S. The first-order valence-electron chi connectivity index (χ1n) is 16.8. The average molecular weight is 689 g/mol. The van der Waals surface area contributed by atoms with Crippen LogP contribution < -0.4 is 4.72 Å². The number of aromatic nitrogens is 5. The Morgan fingerprint density at radius 1 is 0.880 bits per heavy atom. The number of fused-ring (bicyclic) bond motifs is 2. The van der Waals surface area contributed by atoms with E-state index in [-0.39, 0.29) is 10.7 Å². The van der Waals surface area contributed by atoms with E-state index in [2.05, 4.69) is 70.2 Å². The van der Waals surface area contributed by atoms with E-state index in [1.54, 1.807) is 26.0 Å². The first-order chi connectivity index (χ1) is 24.1. The minimum Gasteiger partial charge on any atom is -0.377 e. The summed E-state index contributed by atoms with van der Waals surface area (Å²) in [5.74, 6) is 2.62. The molecule has 11 heteroatoms. The van der Waals surface area contributed by atoms with Crippen LogP contribution in [0, 0.1) is 20.8 Å². The van der Waals surface area contributed by atoms with Gasteiger partial charge in [0.25, 0.3) is 10.0 Å². The van der Waals surface area contributed by atoms with E-state index in [4.69, 9.17) is 19.2 Å². The van der Waals surface area contributed by atoms with E-state index >= 15 is 0 Å². The van der Waals surface area contributed by atoms with E-state index in [9.17, 15) is 8.42 Å². The molecule has 0 atom stereocenters. The average Bonchev–Trinajstić information content (AvgIpc) is 3.76. The molecule has 0 saturated carbocycles. The number of rotatable bonds is 11. The largest absolute Gasteiger partial charge is 0.377 e. The van der Waals surface area contributed by atoms with Gasteiger partial charge in [-0.2, -0.15) is 0 Å². The SMILES string of the molecule is CCOCc1cc(Cn2c(CC)nc3c(C)cc(-c4nc5ccccc5n4C)cc32)ccc1-c1ccccc1S(=O)(=O)Nc1noc(C)c1C. The van der Waals surface area contributed by atoms with Gasteiger partial charge < -0.3 is 18.4 Å². The fraction of sp³-hybridized carbons (Fsp3) is 0.256. The molecule has 0 radical (unpaired) electrons. The second-order valence-electron chi connectivity index (χ2n) is 12.6. The molecule has 7 aromatic rings. The van der Waals surface area contributed by atoms with Crippen molar-refractivity contribution in [2.75, 3.05) is 11.3 Å². The van der Waals surface area contributed by atoms with Crippen LogP contribution in [0.1, 0.15) is 47.7 Å². The minimum atomic E-state index is -4.00. The Bertz CT molecular complexity index is 2490. The van der Waals surface area contributed by atoms with Gasteiger partial charge in [0.2, 0.25) is 0 Å². The van der Waals surface area contributed by atoms with E-state index < -0.39 is 10.0 Å². The summed E-state index contributed by atoms with van der Waals surface area (Å²) in [4.78, 5) is 10.2. The Kier molecular flexibility index (Phi) is 8.79. The quantitative estimate of drug-likeness (QED) is 0.146. The van der Waals surface area contributed by atoms with E-state index in [0.717, 1.165) is 68.0 Å². The molecule has 0 spiro atoms. The summed E-state index contributed by atoms with van der Waals surface area (Å²) in [6.07, 6.45) is 0.766. The molecule has 256 valence electrons. The molecule has 3 heterocycles. The summed E-state index contributed by atoms with van der Waals surface area (Å²) in [5, 5.41) is 3.91. The molecule has 10 nitrogen and oxygen atoms in total. The summed E-state index contributed by atoms with van der Waals surface area (Å²) >= 11 is 0. The molecule has 0 aliphatic carbocycles. The molecule has 3 aromatic heterocycles. The number of hydrogen-bond acceptors (Lipinski definition) is 7. The lowest BCUT2D eigenvalue weighted by atomic mass is 9.97. The fourth-order valence-electron chi connectivity index (χ4n) is 6.56. The number of benzene rings is 4. The van der Waals surface area contributed by atoms with Gasteiger partial charge in [0.1, 0.15) is 17.4 Å². The number of sulfonamides is 1. The van der Waals surface area contributed by atoms with E-state index in [1.165, 1.54) is 0 Å². The van der Waals surface area contributed by atoms with Gasteiger partial charge in [-0.3, -0.25) is 4.72 Å². The smallest absolute Gasteiger partial charge is 0.263 e. The topological polar surface area (TPSA) is 117 Å². The predicted molar refractivity (Wildman–Crippen MR) is 197 cm³/mol. The third kappa shape index (κ3) is 5.96. The molecule has 0 bridgehead atoms. The molecule has 1 N–H and O–H groups in total. The Morgan fingerprint density at radius 3 is 2.40 bits per heavy atom. The van der Waals surface area contributed by atoms with Crippen LogP contribution in [0.15, 0.2) is 88.3 Å². The van der Waals surface area contributed by atoms with Crippen molar-refractivity contribution in [2.24, 2.45) is 7.05 Å². The van der Waals surface area contributed by atoms with Crippen LogP contribution in [0.25, 0.3) is 44.6 Å². The van der Waals surface area contributed by atoms with Crippen molar-refractivity contribution in [1.29, 1.82) is 0 Å². The standard InChI is InChI=1S/C39H40N6O4S/c1-7-36-41-37-24(3)19-28(39-40-32-14-10-11-15-33(32)44(39)6)21-34(37)45(36)22-27-17-18-30(29(20-27)23-48-8-2)31-13-9-12-16-35(31)50(46,47)43-38-25(4)26(5)49-42-38/h9-21H,7-8,22-23H2,1-6H3,(H,42,43). The van der Waals surface area contributed by atoms with Gasteiger partial charge in [0.15, 0.2) is 5.82 Å². The summed E-state index contributed by atoms with van der Waals surface area (Å²) < 4.78 is 45.7. The molecule has 0 fully saturated rings. The second-order valence-corrected chi connectivity index (χ2v) is 14.2. The number of aryl methyl sites for hydroxylation is 4. The maximum Gasteiger partial charge on any atom is 0.263 e. The Hall–Kier alpha value is -5.26. The van der Waals surface area contributed by atoms with Gasteiger partial charge >= 0.3 is 0 Å². The second kappa shape index (κ2) is 13.2. The monoisotopic (exact) mass is 688 g/mol. The number of ether oxygens (including phenoxy) is 1. The zero-order valence-corrected chi connectivity index (χ0v) is 29.9. The number of nitrogens with zero attached hydrogens (tertiary/aromatic N) is 5. The highest BCUT2D eigenvalue weighted by Crippen LogP contribution is 2.34. The third-order valence-electron chi connectivity index (χ3n) is 9.31. The lowest BCUT2D eigenvalue weighted by Crippen LogP contribution is -2.15. The van der Waals surface area contributed by atoms with Crippen molar-refractivity contribution in [3.05, 3.63) is 113 Å². The number of nitrogens with one attached hydrogen (secondary N) is 1. The van der Waals surface area contributed by atoms with Crippen LogP contribution in [-0.4, -0.2) is 39.3 Å². The molecule has 0 saturated heterocycles. The first-order valence-corrected chi connectivity index (χ1v) is 18.2. The van der Waals surface area contributed by atoms with Crippen molar-refractivity contribution < 1.29 is 17.7 Å². The van der Waals surface area contributed by atoms with Crippen LogP contribution in [0.5, 0.6) is 0 Å². The highest BCUT2D eigenvalue weighted by atomic mass is 32.2. The van der Waals surface area contributed by atoms with Gasteiger partial charge in [0, 0.05) is 43.3 Å².